The first-order chi connectivity index (χ1) is 15.0. The first-order valence-corrected chi connectivity index (χ1v) is 12.2. The van der Waals surface area contributed by atoms with Crippen molar-refractivity contribution in [3.63, 3.8) is 0 Å². The van der Waals surface area contributed by atoms with Crippen LogP contribution in [0.3, 0.4) is 0 Å². The Morgan fingerprint density at radius 3 is 2.55 bits per heavy atom. The van der Waals surface area contributed by atoms with Crippen LogP contribution in [-0.2, 0) is 25.9 Å². The van der Waals surface area contributed by atoms with Gasteiger partial charge in [-0.05, 0) is 29.8 Å². The molecule has 4 rings (SSSR count). The molecule has 1 aliphatic rings. The number of methoxy groups -OCH3 is 1. The van der Waals surface area contributed by atoms with Crippen molar-refractivity contribution in [2.75, 3.05) is 43.6 Å². The monoisotopic (exact) mass is 441 g/mol. The smallest absolute Gasteiger partial charge is 0.246 e. The van der Waals surface area contributed by atoms with Crippen molar-refractivity contribution in [3.05, 3.63) is 66.4 Å². The Hall–Kier alpha value is -2.68. The number of anilines is 1. The molecule has 1 saturated heterocycles. The summed E-state index contributed by atoms with van der Waals surface area (Å²) < 4.78 is 31.0. The highest BCUT2D eigenvalue weighted by Crippen LogP contribution is 2.26. The molecule has 1 amide bonds. The zero-order valence-electron chi connectivity index (χ0n) is 17.5. The van der Waals surface area contributed by atoms with Gasteiger partial charge in [0.05, 0.1) is 18.1 Å². The van der Waals surface area contributed by atoms with E-state index < -0.39 is 15.9 Å². The average molecular weight is 442 g/mol. The Balaban J connectivity index is 1.56. The van der Waals surface area contributed by atoms with E-state index in [1.54, 1.807) is 7.11 Å². The molecule has 2 heterocycles. The summed E-state index contributed by atoms with van der Waals surface area (Å²) >= 11 is 0. The van der Waals surface area contributed by atoms with E-state index in [1.165, 1.54) is 0 Å². The number of nitrogens with zero attached hydrogens (tertiary/aromatic N) is 2. The highest BCUT2D eigenvalue weighted by atomic mass is 32.2. The van der Waals surface area contributed by atoms with Crippen LogP contribution in [0.2, 0.25) is 0 Å². The van der Waals surface area contributed by atoms with Gasteiger partial charge >= 0.3 is 0 Å². The van der Waals surface area contributed by atoms with Crippen molar-refractivity contribution >= 4 is 32.3 Å². The molecular weight excluding hydrogens is 414 g/mol. The fourth-order valence-corrected chi connectivity index (χ4v) is 5.25. The summed E-state index contributed by atoms with van der Waals surface area (Å²) in [5.41, 5.74) is 2.65. The third-order valence-electron chi connectivity index (χ3n) is 5.68. The molecule has 1 aromatic heterocycles. The molecule has 0 spiro atoms. The zero-order valence-corrected chi connectivity index (χ0v) is 18.3. The highest BCUT2D eigenvalue weighted by molar-refractivity contribution is 7.91. The van der Waals surface area contributed by atoms with Gasteiger partial charge in [-0.2, -0.15) is 0 Å². The van der Waals surface area contributed by atoms with Crippen LogP contribution in [0.15, 0.2) is 60.8 Å². The van der Waals surface area contributed by atoms with Gasteiger partial charge in [0.25, 0.3) is 0 Å². The summed E-state index contributed by atoms with van der Waals surface area (Å²) in [4.78, 5) is 15.3. The lowest BCUT2D eigenvalue weighted by molar-refractivity contribution is -0.121. The molecule has 31 heavy (non-hydrogen) atoms. The van der Waals surface area contributed by atoms with Crippen molar-refractivity contribution in [1.29, 1.82) is 0 Å². The maximum atomic E-state index is 13.3. The third kappa shape index (κ3) is 4.98. The molecule has 1 fully saturated rings. The molecule has 1 atom stereocenters. The molecule has 0 aliphatic carbocycles. The van der Waals surface area contributed by atoms with E-state index in [0.29, 0.717) is 25.4 Å². The number of carbonyl (C=O) groups excluding carboxylic acids is 1. The Labute approximate surface area is 182 Å². The lowest BCUT2D eigenvalue weighted by Gasteiger charge is -2.33. The van der Waals surface area contributed by atoms with Gasteiger partial charge in [-0.25, -0.2) is 8.42 Å². The molecule has 164 valence electrons. The molecule has 2 aromatic carbocycles. The predicted octanol–water partition coefficient (Wildman–Crippen LogP) is 2.70. The van der Waals surface area contributed by atoms with E-state index in [1.807, 2.05) is 65.7 Å². The number of aromatic nitrogens is 1. The number of nitrogens with one attached hydrogen (secondary N) is 1. The molecule has 7 nitrogen and oxygen atoms in total. The molecule has 0 radical (unpaired) electrons. The highest BCUT2D eigenvalue weighted by Gasteiger charge is 2.32. The van der Waals surface area contributed by atoms with Crippen molar-refractivity contribution < 1.29 is 17.9 Å². The van der Waals surface area contributed by atoms with Gasteiger partial charge in [-0.15, -0.1) is 0 Å². The van der Waals surface area contributed by atoms with Gasteiger partial charge in [0, 0.05) is 49.5 Å². The van der Waals surface area contributed by atoms with Crippen LogP contribution in [0.1, 0.15) is 11.6 Å². The van der Waals surface area contributed by atoms with Gasteiger partial charge < -0.3 is 14.6 Å². The zero-order chi connectivity index (χ0) is 21.8. The third-order valence-corrected chi connectivity index (χ3v) is 7.29. The van der Waals surface area contributed by atoms with Gasteiger partial charge in [0.1, 0.15) is 6.04 Å². The number of ether oxygens (including phenoxy) is 1. The maximum absolute atomic E-state index is 13.3. The second-order valence-corrected chi connectivity index (χ2v) is 10.1. The Morgan fingerprint density at radius 1 is 1.10 bits per heavy atom. The van der Waals surface area contributed by atoms with E-state index in [4.69, 9.17) is 4.74 Å². The van der Waals surface area contributed by atoms with E-state index in [2.05, 4.69) is 9.88 Å². The molecule has 1 unspecified atom stereocenters. The van der Waals surface area contributed by atoms with Crippen LogP contribution in [0.25, 0.3) is 10.9 Å². The number of hydrogen-bond donors (Lipinski definition) is 1. The summed E-state index contributed by atoms with van der Waals surface area (Å²) in [6, 6.07) is 16.8. The Bertz CT molecular complexity index is 1140. The second kappa shape index (κ2) is 9.21. The van der Waals surface area contributed by atoms with E-state index in [9.17, 15) is 13.2 Å². The van der Waals surface area contributed by atoms with Crippen LogP contribution in [-0.4, -0.2) is 62.1 Å². The SMILES string of the molecule is COCCn1ccc2cc(NC(=O)C(c3ccccc3)N3CCS(=O)(=O)CC3)ccc21. The van der Waals surface area contributed by atoms with Crippen LogP contribution < -0.4 is 5.32 Å². The number of sulfone groups is 1. The van der Waals surface area contributed by atoms with Crippen molar-refractivity contribution in [2.24, 2.45) is 0 Å². The summed E-state index contributed by atoms with van der Waals surface area (Å²) in [5.74, 6) is -0.0153. The first kappa shape index (κ1) is 21.5. The van der Waals surface area contributed by atoms with Crippen molar-refractivity contribution in [1.82, 2.24) is 9.47 Å². The predicted molar refractivity (Wildman–Crippen MR) is 122 cm³/mol. The van der Waals surface area contributed by atoms with Crippen molar-refractivity contribution in [2.45, 2.75) is 12.6 Å². The summed E-state index contributed by atoms with van der Waals surface area (Å²) in [5, 5.41) is 4.08. The molecule has 0 saturated carbocycles. The van der Waals surface area contributed by atoms with Crippen LogP contribution in [0.5, 0.6) is 0 Å². The average Bonchev–Trinajstić information content (AvgIpc) is 3.16. The Kier molecular flexibility index (Phi) is 6.41. The van der Waals surface area contributed by atoms with E-state index in [0.717, 1.165) is 23.0 Å². The quantitative estimate of drug-likeness (QED) is 0.610. The minimum absolute atomic E-state index is 0.0740. The van der Waals surface area contributed by atoms with Gasteiger partial charge in [-0.1, -0.05) is 30.3 Å². The minimum atomic E-state index is -3.03. The number of rotatable bonds is 7. The molecule has 1 N–H and O–H groups in total. The second-order valence-electron chi connectivity index (χ2n) is 7.77. The maximum Gasteiger partial charge on any atom is 0.246 e. The summed E-state index contributed by atoms with van der Waals surface area (Å²) in [6.07, 6.45) is 2.01. The lowest BCUT2D eigenvalue weighted by Crippen LogP contribution is -2.46. The molecule has 3 aromatic rings. The van der Waals surface area contributed by atoms with Crippen LogP contribution in [0.4, 0.5) is 5.69 Å². The summed E-state index contributed by atoms with van der Waals surface area (Å²) in [6.45, 7) is 2.08. The van der Waals surface area contributed by atoms with Gasteiger partial charge in [0.15, 0.2) is 9.84 Å². The molecule has 8 heteroatoms. The number of hydrogen-bond acceptors (Lipinski definition) is 5. The van der Waals surface area contributed by atoms with Crippen LogP contribution in [0, 0.1) is 0 Å². The molecule has 1 aliphatic heterocycles. The lowest BCUT2D eigenvalue weighted by atomic mass is 10.0. The normalized spacial score (nSPS) is 17.5. The van der Waals surface area contributed by atoms with E-state index in [-0.39, 0.29) is 17.4 Å². The number of carbonyl (C=O) groups is 1. The fraction of sp³-hybridized carbons (Fsp3) is 0.348. The first-order valence-electron chi connectivity index (χ1n) is 10.3. The number of fused-ring (bicyclic) bond motifs is 1. The number of benzene rings is 2. The van der Waals surface area contributed by atoms with E-state index >= 15 is 0 Å². The molecular formula is C23H27N3O4S. The van der Waals surface area contributed by atoms with Gasteiger partial charge in [0.2, 0.25) is 5.91 Å². The topological polar surface area (TPSA) is 80.6 Å². The van der Waals surface area contributed by atoms with Crippen molar-refractivity contribution in [3.8, 4) is 0 Å². The fourth-order valence-electron chi connectivity index (χ4n) is 4.02. The molecule has 0 bridgehead atoms. The number of amides is 1. The Morgan fingerprint density at radius 2 is 1.84 bits per heavy atom. The van der Waals surface area contributed by atoms with Crippen LogP contribution >= 0.6 is 0 Å². The van der Waals surface area contributed by atoms with Gasteiger partial charge in [-0.3, -0.25) is 9.69 Å². The summed E-state index contributed by atoms with van der Waals surface area (Å²) in [7, 11) is -1.35. The minimum Gasteiger partial charge on any atom is -0.383 e. The largest absolute Gasteiger partial charge is 0.383 e. The standard InChI is InChI=1S/C23H27N3O4S/c1-30-14-11-25-10-9-19-17-20(7-8-21(19)25)24-23(27)22(18-5-3-2-4-6-18)26-12-15-31(28,29)16-13-26/h2-10,17,22H,11-16H2,1H3,(H,24,27).